The van der Waals surface area contributed by atoms with Gasteiger partial charge >= 0.3 is 0 Å². The van der Waals surface area contributed by atoms with E-state index in [9.17, 15) is 4.79 Å². The highest BCUT2D eigenvalue weighted by Crippen LogP contribution is 2.27. The Hall–Kier alpha value is -2.00. The van der Waals surface area contributed by atoms with Crippen LogP contribution < -0.4 is 10.6 Å². The van der Waals surface area contributed by atoms with Gasteiger partial charge in [-0.15, -0.1) is 0 Å². The minimum Gasteiger partial charge on any atom is -0.378 e. The van der Waals surface area contributed by atoms with Crippen molar-refractivity contribution in [2.75, 3.05) is 12.4 Å². The van der Waals surface area contributed by atoms with Crippen molar-refractivity contribution < 1.29 is 4.79 Å². The minimum atomic E-state index is -0.0798. The summed E-state index contributed by atoms with van der Waals surface area (Å²) in [6.45, 7) is 4.04. The third kappa shape index (κ3) is 3.56. The van der Waals surface area contributed by atoms with Gasteiger partial charge in [-0.2, -0.15) is 0 Å². The van der Waals surface area contributed by atoms with E-state index in [1.54, 1.807) is 7.05 Å². The van der Waals surface area contributed by atoms with Crippen molar-refractivity contribution in [3.05, 3.63) is 64.2 Å². The van der Waals surface area contributed by atoms with Gasteiger partial charge in [0.15, 0.2) is 0 Å². The van der Waals surface area contributed by atoms with Gasteiger partial charge in [0.25, 0.3) is 5.91 Å². The number of amides is 1. The lowest BCUT2D eigenvalue weighted by molar-refractivity contribution is 0.0963. The molecule has 0 fully saturated rings. The number of halogens is 1. The van der Waals surface area contributed by atoms with E-state index >= 15 is 0 Å². The van der Waals surface area contributed by atoms with Gasteiger partial charge in [0.1, 0.15) is 0 Å². The van der Waals surface area contributed by atoms with Crippen LogP contribution in [0.5, 0.6) is 0 Å². The molecule has 4 heteroatoms. The molecule has 0 heterocycles. The molecule has 110 valence electrons. The van der Waals surface area contributed by atoms with E-state index in [0.717, 1.165) is 21.8 Å². The van der Waals surface area contributed by atoms with Crippen LogP contribution in [0.3, 0.4) is 0 Å². The number of hydrogen-bond donors (Lipinski definition) is 2. The molecule has 3 nitrogen and oxygen atoms in total. The van der Waals surface area contributed by atoms with Gasteiger partial charge < -0.3 is 10.6 Å². The van der Waals surface area contributed by atoms with E-state index in [2.05, 4.69) is 17.6 Å². The molecule has 0 spiro atoms. The second-order valence-corrected chi connectivity index (χ2v) is 5.40. The maximum Gasteiger partial charge on any atom is 0.251 e. The number of carbonyl (C=O) groups excluding carboxylic acids is 1. The molecule has 0 aromatic heterocycles. The van der Waals surface area contributed by atoms with Crippen molar-refractivity contribution in [3.63, 3.8) is 0 Å². The highest BCUT2D eigenvalue weighted by molar-refractivity contribution is 6.31. The molecule has 0 aliphatic heterocycles. The summed E-state index contributed by atoms with van der Waals surface area (Å²) in [6.07, 6.45) is 0. The van der Waals surface area contributed by atoms with Crippen molar-refractivity contribution in [3.8, 4) is 0 Å². The van der Waals surface area contributed by atoms with E-state index < -0.39 is 0 Å². The van der Waals surface area contributed by atoms with Crippen molar-refractivity contribution in [1.29, 1.82) is 0 Å². The Kier molecular flexibility index (Phi) is 4.86. The Morgan fingerprint density at radius 2 is 1.90 bits per heavy atom. The van der Waals surface area contributed by atoms with Crippen molar-refractivity contribution in [2.24, 2.45) is 0 Å². The molecule has 2 rings (SSSR count). The minimum absolute atomic E-state index is 0.0798. The molecule has 0 saturated carbocycles. The Bertz CT molecular complexity index is 655. The van der Waals surface area contributed by atoms with Crippen LogP contribution >= 0.6 is 11.6 Å². The largest absolute Gasteiger partial charge is 0.378 e. The number of benzene rings is 2. The fourth-order valence-electron chi connectivity index (χ4n) is 2.25. The Balaban J connectivity index is 2.20. The highest BCUT2D eigenvalue weighted by atomic mass is 35.5. The van der Waals surface area contributed by atoms with Crippen LogP contribution in [0.2, 0.25) is 5.02 Å². The zero-order chi connectivity index (χ0) is 15.4. The first kappa shape index (κ1) is 15.4. The molecule has 2 aromatic rings. The standard InChI is InChI=1S/C17H19ClN2O/c1-11-10-13(17(21)19-3)8-9-16(11)20-12(2)14-6-4-5-7-15(14)18/h4-10,12,20H,1-3H3,(H,19,21). The molecule has 2 aromatic carbocycles. The number of aryl methyl sites for hydroxylation is 1. The van der Waals surface area contributed by atoms with Crippen molar-refractivity contribution in [1.82, 2.24) is 5.32 Å². The molecule has 1 amide bonds. The second kappa shape index (κ2) is 6.64. The van der Waals surface area contributed by atoms with Gasteiger partial charge in [-0.05, 0) is 49.2 Å². The zero-order valence-electron chi connectivity index (χ0n) is 12.4. The van der Waals surface area contributed by atoms with Crippen LogP contribution in [0.1, 0.15) is 34.5 Å². The lowest BCUT2D eigenvalue weighted by Crippen LogP contribution is -2.18. The summed E-state index contributed by atoms with van der Waals surface area (Å²) in [6, 6.07) is 13.5. The smallest absolute Gasteiger partial charge is 0.251 e. The van der Waals surface area contributed by atoms with E-state index in [1.165, 1.54) is 0 Å². The molecule has 1 atom stereocenters. The summed E-state index contributed by atoms with van der Waals surface area (Å²) in [5, 5.41) is 6.81. The second-order valence-electron chi connectivity index (χ2n) is 5.00. The van der Waals surface area contributed by atoms with Gasteiger partial charge in [-0.25, -0.2) is 0 Å². The predicted molar refractivity (Wildman–Crippen MR) is 88.1 cm³/mol. The van der Waals surface area contributed by atoms with Crippen molar-refractivity contribution >= 4 is 23.2 Å². The van der Waals surface area contributed by atoms with Crippen LogP contribution in [-0.4, -0.2) is 13.0 Å². The van der Waals surface area contributed by atoms with Crippen LogP contribution in [0.15, 0.2) is 42.5 Å². The topological polar surface area (TPSA) is 41.1 Å². The summed E-state index contributed by atoms with van der Waals surface area (Å²) < 4.78 is 0. The average molecular weight is 303 g/mol. The number of nitrogens with one attached hydrogen (secondary N) is 2. The predicted octanol–water partition coefficient (Wildman–Crippen LogP) is 4.18. The number of hydrogen-bond acceptors (Lipinski definition) is 2. The molecule has 21 heavy (non-hydrogen) atoms. The third-order valence-corrected chi connectivity index (χ3v) is 3.80. The maximum absolute atomic E-state index is 11.6. The Morgan fingerprint density at radius 1 is 1.19 bits per heavy atom. The van der Waals surface area contributed by atoms with Gasteiger partial charge in [-0.1, -0.05) is 29.8 Å². The normalized spacial score (nSPS) is 11.8. The summed E-state index contributed by atoms with van der Waals surface area (Å²) in [5.74, 6) is -0.0798. The first-order valence-corrected chi connectivity index (χ1v) is 7.24. The summed E-state index contributed by atoms with van der Waals surface area (Å²) >= 11 is 6.22. The van der Waals surface area contributed by atoms with Gasteiger partial charge in [0, 0.05) is 29.4 Å². The SMILES string of the molecule is CNC(=O)c1ccc(NC(C)c2ccccc2Cl)c(C)c1. The molecule has 2 N–H and O–H groups in total. The molecular weight excluding hydrogens is 284 g/mol. The maximum atomic E-state index is 11.6. The third-order valence-electron chi connectivity index (χ3n) is 3.46. The van der Waals surface area contributed by atoms with Crippen LogP contribution in [0, 0.1) is 6.92 Å². The quantitative estimate of drug-likeness (QED) is 0.889. The van der Waals surface area contributed by atoms with Crippen LogP contribution in [0.4, 0.5) is 5.69 Å². The molecule has 1 unspecified atom stereocenters. The molecule has 0 aliphatic rings. The molecule has 0 saturated heterocycles. The Labute approximate surface area is 130 Å². The highest BCUT2D eigenvalue weighted by Gasteiger charge is 2.11. The van der Waals surface area contributed by atoms with E-state index in [4.69, 9.17) is 11.6 Å². The lowest BCUT2D eigenvalue weighted by Gasteiger charge is -2.19. The summed E-state index contributed by atoms with van der Waals surface area (Å²) in [7, 11) is 1.63. The number of anilines is 1. The fraction of sp³-hybridized carbons (Fsp3) is 0.235. The first-order valence-electron chi connectivity index (χ1n) is 6.86. The van der Waals surface area contributed by atoms with Crippen LogP contribution in [0.25, 0.3) is 0 Å². The van der Waals surface area contributed by atoms with Gasteiger partial charge in [0.2, 0.25) is 0 Å². The Morgan fingerprint density at radius 3 is 2.52 bits per heavy atom. The molecule has 0 aliphatic carbocycles. The van der Waals surface area contributed by atoms with E-state index in [0.29, 0.717) is 5.56 Å². The number of carbonyl (C=O) groups is 1. The monoisotopic (exact) mass is 302 g/mol. The summed E-state index contributed by atoms with van der Waals surface area (Å²) in [4.78, 5) is 11.6. The van der Waals surface area contributed by atoms with Crippen LogP contribution in [-0.2, 0) is 0 Å². The average Bonchev–Trinajstić information content (AvgIpc) is 2.48. The first-order chi connectivity index (χ1) is 10.0. The van der Waals surface area contributed by atoms with Gasteiger partial charge in [0.05, 0.1) is 0 Å². The molecule has 0 bridgehead atoms. The van der Waals surface area contributed by atoms with Crippen molar-refractivity contribution in [2.45, 2.75) is 19.9 Å². The molecule has 0 radical (unpaired) electrons. The molecular formula is C17H19ClN2O. The van der Waals surface area contributed by atoms with E-state index in [1.807, 2.05) is 49.4 Å². The lowest BCUT2D eigenvalue weighted by atomic mass is 10.1. The zero-order valence-corrected chi connectivity index (χ0v) is 13.2. The van der Waals surface area contributed by atoms with E-state index in [-0.39, 0.29) is 11.9 Å². The summed E-state index contributed by atoms with van der Waals surface area (Å²) in [5.41, 5.74) is 3.73. The number of rotatable bonds is 4. The van der Waals surface area contributed by atoms with Gasteiger partial charge in [-0.3, -0.25) is 4.79 Å². The fourth-order valence-corrected chi connectivity index (χ4v) is 2.55.